The Morgan fingerprint density at radius 1 is 0.432 bits per heavy atom. The van der Waals surface area contributed by atoms with Gasteiger partial charge in [-0.1, -0.05) is 117 Å². The van der Waals surface area contributed by atoms with Gasteiger partial charge >= 0.3 is 0 Å². The van der Waals surface area contributed by atoms with Crippen molar-refractivity contribution in [2.45, 2.75) is 19.8 Å². The molecule has 0 saturated carbocycles. The van der Waals surface area contributed by atoms with Gasteiger partial charge in [0.2, 0.25) is 0 Å². The van der Waals surface area contributed by atoms with Crippen LogP contribution in [0.1, 0.15) is 25.3 Å². The Morgan fingerprint density at radius 2 is 1.00 bits per heavy atom. The number of hydrogen-bond acceptors (Lipinski definition) is 0. The van der Waals surface area contributed by atoms with Crippen molar-refractivity contribution in [3.8, 4) is 50.2 Å². The standard InChI is InChI=1S/C43H31N/c1-27(2)28-14-16-29(17-15-28)31-19-22-41-39(25-31)40-26-33(20-23-42(40)44(41)34-10-4-3-5-11-34)32-18-21-35-36-12-6-8-30-9-7-13-37(43(30)36)38(35)24-32/h3-27H,1-2H3. The lowest BCUT2D eigenvalue weighted by atomic mass is 9.96. The van der Waals surface area contributed by atoms with E-state index in [0.29, 0.717) is 5.92 Å². The van der Waals surface area contributed by atoms with Crippen LogP contribution in [0.4, 0.5) is 0 Å². The number of aromatic nitrogens is 1. The summed E-state index contributed by atoms with van der Waals surface area (Å²) < 4.78 is 2.40. The first-order valence-electron chi connectivity index (χ1n) is 15.5. The zero-order valence-corrected chi connectivity index (χ0v) is 24.9. The van der Waals surface area contributed by atoms with E-state index in [2.05, 4.69) is 164 Å². The molecule has 0 amide bonds. The average Bonchev–Trinajstić information content (AvgIpc) is 3.58. The number of rotatable bonds is 4. The Kier molecular flexibility index (Phi) is 5.46. The molecule has 208 valence electrons. The molecule has 1 heteroatoms. The molecule has 0 radical (unpaired) electrons. The molecule has 0 atom stereocenters. The zero-order valence-electron chi connectivity index (χ0n) is 24.9. The van der Waals surface area contributed by atoms with E-state index in [9.17, 15) is 0 Å². The van der Waals surface area contributed by atoms with Gasteiger partial charge in [-0.3, -0.25) is 0 Å². The van der Waals surface area contributed by atoms with Crippen LogP contribution in [0.3, 0.4) is 0 Å². The molecular formula is C43H31N. The average molecular weight is 562 g/mol. The summed E-state index contributed by atoms with van der Waals surface area (Å²) in [5.41, 5.74) is 15.3. The third-order valence-corrected chi connectivity index (χ3v) is 9.53. The molecule has 1 heterocycles. The Bertz CT molecular complexity index is 2380. The highest BCUT2D eigenvalue weighted by Crippen LogP contribution is 2.48. The zero-order chi connectivity index (χ0) is 29.4. The van der Waals surface area contributed by atoms with E-state index < -0.39 is 0 Å². The van der Waals surface area contributed by atoms with E-state index in [1.54, 1.807) is 0 Å². The molecule has 0 fully saturated rings. The van der Waals surface area contributed by atoms with Crippen LogP contribution in [0.15, 0.2) is 146 Å². The third-order valence-electron chi connectivity index (χ3n) is 9.53. The van der Waals surface area contributed by atoms with E-state index >= 15 is 0 Å². The Morgan fingerprint density at radius 3 is 1.66 bits per heavy atom. The first-order valence-corrected chi connectivity index (χ1v) is 15.5. The molecule has 7 aromatic carbocycles. The number of para-hydroxylation sites is 1. The Balaban J connectivity index is 1.24. The van der Waals surface area contributed by atoms with Gasteiger partial charge in [0.05, 0.1) is 11.0 Å². The van der Waals surface area contributed by atoms with Crippen molar-refractivity contribution in [1.29, 1.82) is 0 Å². The highest BCUT2D eigenvalue weighted by Gasteiger charge is 2.22. The lowest BCUT2D eigenvalue weighted by molar-refractivity contribution is 0.867. The molecule has 0 saturated heterocycles. The lowest BCUT2D eigenvalue weighted by Gasteiger charge is -2.09. The first kappa shape index (κ1) is 25.1. The summed E-state index contributed by atoms with van der Waals surface area (Å²) in [7, 11) is 0. The highest BCUT2D eigenvalue weighted by atomic mass is 15.0. The second-order valence-corrected chi connectivity index (χ2v) is 12.4. The minimum Gasteiger partial charge on any atom is -0.309 e. The van der Waals surface area contributed by atoms with Gasteiger partial charge in [-0.15, -0.1) is 0 Å². The van der Waals surface area contributed by atoms with Crippen molar-refractivity contribution in [2.24, 2.45) is 0 Å². The summed E-state index contributed by atoms with van der Waals surface area (Å²) in [6.45, 7) is 4.49. The van der Waals surface area contributed by atoms with E-state index in [1.807, 2.05) is 0 Å². The molecule has 1 nitrogen and oxygen atoms in total. The van der Waals surface area contributed by atoms with Gasteiger partial charge in [0, 0.05) is 16.5 Å². The molecule has 1 aromatic heterocycles. The molecule has 44 heavy (non-hydrogen) atoms. The molecule has 1 aliphatic carbocycles. The minimum absolute atomic E-state index is 0.523. The van der Waals surface area contributed by atoms with Crippen LogP contribution in [0.25, 0.3) is 82.8 Å². The first-order chi connectivity index (χ1) is 21.6. The van der Waals surface area contributed by atoms with Gasteiger partial charge in [-0.25, -0.2) is 0 Å². The predicted molar refractivity (Wildman–Crippen MR) is 188 cm³/mol. The van der Waals surface area contributed by atoms with Crippen molar-refractivity contribution < 1.29 is 0 Å². The number of hydrogen-bond donors (Lipinski definition) is 0. The minimum atomic E-state index is 0.523. The van der Waals surface area contributed by atoms with Crippen LogP contribution < -0.4 is 0 Å². The summed E-state index contributed by atoms with van der Waals surface area (Å²) in [5.74, 6) is 0.523. The van der Waals surface area contributed by atoms with Crippen molar-refractivity contribution in [1.82, 2.24) is 4.57 Å². The van der Waals surface area contributed by atoms with Crippen LogP contribution in [-0.2, 0) is 0 Å². The summed E-state index contributed by atoms with van der Waals surface area (Å²) >= 11 is 0. The maximum absolute atomic E-state index is 2.40. The lowest BCUT2D eigenvalue weighted by Crippen LogP contribution is -1.93. The van der Waals surface area contributed by atoms with Crippen molar-refractivity contribution in [3.05, 3.63) is 151 Å². The van der Waals surface area contributed by atoms with Gasteiger partial charge in [-0.05, 0) is 109 Å². The monoisotopic (exact) mass is 561 g/mol. The smallest absolute Gasteiger partial charge is 0.0541 e. The quantitative estimate of drug-likeness (QED) is 0.201. The molecule has 8 aromatic rings. The van der Waals surface area contributed by atoms with E-state index in [-0.39, 0.29) is 0 Å². The van der Waals surface area contributed by atoms with Crippen LogP contribution >= 0.6 is 0 Å². The fraction of sp³-hybridized carbons (Fsp3) is 0.0698. The SMILES string of the molecule is CC(C)c1ccc(-c2ccc3c(c2)c2cc(-c4ccc5c(c4)-c4cccc6cccc-5c46)ccc2n3-c2ccccc2)cc1. The molecule has 0 bridgehead atoms. The maximum atomic E-state index is 2.40. The second kappa shape index (κ2) is 9.56. The van der Waals surface area contributed by atoms with Crippen LogP contribution in [0.5, 0.6) is 0 Å². The second-order valence-electron chi connectivity index (χ2n) is 12.4. The molecule has 0 unspecified atom stereocenters. The van der Waals surface area contributed by atoms with Crippen molar-refractivity contribution in [2.75, 3.05) is 0 Å². The topological polar surface area (TPSA) is 4.93 Å². The van der Waals surface area contributed by atoms with E-state index in [1.165, 1.54) is 88.3 Å². The fourth-order valence-corrected chi connectivity index (χ4v) is 7.27. The molecule has 1 aliphatic rings. The number of fused-ring (bicyclic) bond motifs is 6. The Labute approximate surface area is 257 Å². The van der Waals surface area contributed by atoms with Gasteiger partial charge < -0.3 is 4.57 Å². The molecule has 0 aliphatic heterocycles. The van der Waals surface area contributed by atoms with Crippen molar-refractivity contribution >= 4 is 32.6 Å². The normalized spacial score (nSPS) is 12.1. The summed E-state index contributed by atoms with van der Waals surface area (Å²) in [4.78, 5) is 0. The molecular weight excluding hydrogens is 530 g/mol. The van der Waals surface area contributed by atoms with Crippen LogP contribution in [0.2, 0.25) is 0 Å². The Hall–Kier alpha value is -5.40. The van der Waals surface area contributed by atoms with Crippen LogP contribution in [-0.4, -0.2) is 4.57 Å². The molecule has 9 rings (SSSR count). The van der Waals surface area contributed by atoms with Crippen LogP contribution in [0, 0.1) is 0 Å². The van der Waals surface area contributed by atoms with E-state index in [0.717, 1.165) is 0 Å². The van der Waals surface area contributed by atoms with Gasteiger partial charge in [0.15, 0.2) is 0 Å². The molecule has 0 N–H and O–H groups in total. The predicted octanol–water partition coefficient (Wildman–Crippen LogP) is 12.0. The highest BCUT2D eigenvalue weighted by molar-refractivity contribution is 6.16. The van der Waals surface area contributed by atoms with E-state index in [4.69, 9.17) is 0 Å². The van der Waals surface area contributed by atoms with Gasteiger partial charge in [0.25, 0.3) is 0 Å². The summed E-state index contributed by atoms with van der Waals surface area (Å²) in [6, 6.07) is 54.0. The summed E-state index contributed by atoms with van der Waals surface area (Å²) in [5, 5.41) is 5.22. The fourth-order valence-electron chi connectivity index (χ4n) is 7.27. The van der Waals surface area contributed by atoms with Gasteiger partial charge in [0.1, 0.15) is 0 Å². The molecule has 0 spiro atoms. The third kappa shape index (κ3) is 3.72. The number of benzene rings is 7. The van der Waals surface area contributed by atoms with Gasteiger partial charge in [-0.2, -0.15) is 0 Å². The largest absolute Gasteiger partial charge is 0.309 e. The van der Waals surface area contributed by atoms with Crippen molar-refractivity contribution in [3.63, 3.8) is 0 Å². The maximum Gasteiger partial charge on any atom is 0.0541 e. The summed E-state index contributed by atoms with van der Waals surface area (Å²) in [6.07, 6.45) is 0. The number of nitrogens with zero attached hydrogens (tertiary/aromatic N) is 1.